The van der Waals surface area contributed by atoms with Crippen LogP contribution in [0.25, 0.3) is 10.8 Å². The van der Waals surface area contributed by atoms with Gasteiger partial charge in [-0.1, -0.05) is 0 Å². The Bertz CT molecular complexity index is 934. The molecular weight excluding hydrogens is 368 g/mol. The molecule has 3 aromatic rings. The Hall–Kier alpha value is -3.20. The van der Waals surface area contributed by atoms with Gasteiger partial charge >= 0.3 is 0 Å². The summed E-state index contributed by atoms with van der Waals surface area (Å²) >= 11 is 1.23. The van der Waals surface area contributed by atoms with Gasteiger partial charge in [0.05, 0.1) is 27.0 Å². The topological polar surface area (TPSA) is 95.5 Å². The summed E-state index contributed by atoms with van der Waals surface area (Å²) in [5.74, 6) is 1.55. The lowest BCUT2D eigenvalue weighted by Crippen LogP contribution is -2.12. The van der Waals surface area contributed by atoms with Crippen molar-refractivity contribution in [2.45, 2.75) is 6.92 Å². The molecule has 0 saturated heterocycles. The molecule has 2 heterocycles. The summed E-state index contributed by atoms with van der Waals surface area (Å²) in [6.45, 7) is 1.77. The Labute approximate surface area is 160 Å². The first-order valence-electron chi connectivity index (χ1n) is 7.93. The molecule has 0 saturated carbocycles. The van der Waals surface area contributed by atoms with Gasteiger partial charge in [0.1, 0.15) is 4.88 Å². The van der Waals surface area contributed by atoms with E-state index in [0.29, 0.717) is 44.3 Å². The maximum Gasteiger partial charge on any atom is 0.267 e. The first kappa shape index (κ1) is 18.6. The molecule has 2 aromatic heterocycles. The second-order valence-electron chi connectivity index (χ2n) is 5.37. The summed E-state index contributed by atoms with van der Waals surface area (Å²) in [6.07, 6.45) is 3.27. The zero-order valence-corrected chi connectivity index (χ0v) is 16.1. The highest BCUT2D eigenvalue weighted by Gasteiger charge is 2.19. The zero-order valence-electron chi connectivity index (χ0n) is 15.3. The molecule has 0 aliphatic carbocycles. The van der Waals surface area contributed by atoms with Crippen LogP contribution < -0.4 is 19.5 Å². The predicted octanol–water partition coefficient (Wildman–Crippen LogP) is 3.19. The molecule has 0 radical (unpaired) electrons. The molecule has 0 fully saturated rings. The number of nitrogens with one attached hydrogen (secondary N) is 1. The molecular formula is C18H18N4O4S. The SMILES string of the molecule is COc1cc(NC(=O)c2sc(-c3ncccn3)nc2C)cc(OC)c1OC. The van der Waals surface area contributed by atoms with Gasteiger partial charge in [-0.25, -0.2) is 15.0 Å². The Kier molecular flexibility index (Phi) is 5.51. The Morgan fingerprint density at radius 3 is 2.22 bits per heavy atom. The second kappa shape index (κ2) is 8.00. The van der Waals surface area contributed by atoms with E-state index < -0.39 is 0 Å². The van der Waals surface area contributed by atoms with Crippen molar-refractivity contribution in [3.05, 3.63) is 41.2 Å². The van der Waals surface area contributed by atoms with Crippen LogP contribution in [0.2, 0.25) is 0 Å². The minimum Gasteiger partial charge on any atom is -0.493 e. The summed E-state index contributed by atoms with van der Waals surface area (Å²) in [6, 6.07) is 5.05. The molecule has 1 amide bonds. The van der Waals surface area contributed by atoms with Crippen molar-refractivity contribution < 1.29 is 19.0 Å². The number of rotatable bonds is 6. The molecule has 1 aromatic carbocycles. The van der Waals surface area contributed by atoms with Crippen LogP contribution in [0.15, 0.2) is 30.6 Å². The molecule has 8 nitrogen and oxygen atoms in total. The molecule has 0 atom stereocenters. The van der Waals surface area contributed by atoms with E-state index in [-0.39, 0.29) is 5.91 Å². The number of aromatic nitrogens is 3. The Morgan fingerprint density at radius 1 is 1.04 bits per heavy atom. The van der Waals surface area contributed by atoms with Gasteiger partial charge in [-0.2, -0.15) is 0 Å². The maximum atomic E-state index is 12.7. The maximum absolute atomic E-state index is 12.7. The van der Waals surface area contributed by atoms with Crippen LogP contribution in [-0.2, 0) is 0 Å². The van der Waals surface area contributed by atoms with Gasteiger partial charge in [0, 0.05) is 30.2 Å². The number of thiazole rings is 1. The lowest BCUT2D eigenvalue weighted by molar-refractivity contribution is 0.103. The minimum atomic E-state index is -0.290. The molecule has 0 aliphatic heterocycles. The van der Waals surface area contributed by atoms with E-state index in [1.165, 1.54) is 32.7 Å². The normalized spacial score (nSPS) is 10.4. The van der Waals surface area contributed by atoms with E-state index in [0.717, 1.165) is 0 Å². The summed E-state index contributed by atoms with van der Waals surface area (Å²) < 4.78 is 15.9. The number of hydrogen-bond acceptors (Lipinski definition) is 8. The monoisotopic (exact) mass is 386 g/mol. The molecule has 0 unspecified atom stereocenters. The lowest BCUT2D eigenvalue weighted by atomic mass is 10.2. The summed E-state index contributed by atoms with van der Waals surface area (Å²) in [7, 11) is 4.55. The van der Waals surface area contributed by atoms with Gasteiger partial charge in [-0.15, -0.1) is 11.3 Å². The number of carbonyl (C=O) groups excluding carboxylic acids is 1. The van der Waals surface area contributed by atoms with E-state index in [1.54, 1.807) is 37.5 Å². The molecule has 0 bridgehead atoms. The average molecular weight is 386 g/mol. The third-order valence-corrected chi connectivity index (χ3v) is 4.83. The number of aryl methyl sites for hydroxylation is 1. The van der Waals surface area contributed by atoms with Crippen molar-refractivity contribution >= 4 is 22.9 Å². The highest BCUT2D eigenvalue weighted by atomic mass is 32.1. The van der Waals surface area contributed by atoms with E-state index in [4.69, 9.17) is 14.2 Å². The first-order valence-corrected chi connectivity index (χ1v) is 8.75. The van der Waals surface area contributed by atoms with E-state index in [2.05, 4.69) is 20.3 Å². The Morgan fingerprint density at radius 2 is 1.67 bits per heavy atom. The fraction of sp³-hybridized carbons (Fsp3) is 0.222. The van der Waals surface area contributed by atoms with Gasteiger partial charge in [0.25, 0.3) is 5.91 Å². The molecule has 3 rings (SSSR count). The summed E-state index contributed by atoms with van der Waals surface area (Å²) in [5.41, 5.74) is 1.12. The second-order valence-corrected chi connectivity index (χ2v) is 6.37. The smallest absolute Gasteiger partial charge is 0.267 e. The van der Waals surface area contributed by atoms with Crippen LogP contribution in [0.5, 0.6) is 17.2 Å². The number of benzene rings is 1. The number of nitrogens with zero attached hydrogens (tertiary/aromatic N) is 3. The van der Waals surface area contributed by atoms with E-state index in [1.807, 2.05) is 0 Å². The van der Waals surface area contributed by atoms with Crippen LogP contribution in [0, 0.1) is 6.92 Å². The van der Waals surface area contributed by atoms with E-state index >= 15 is 0 Å². The van der Waals surface area contributed by atoms with Crippen molar-refractivity contribution in [1.82, 2.24) is 15.0 Å². The third kappa shape index (κ3) is 3.82. The fourth-order valence-corrected chi connectivity index (χ4v) is 3.36. The van der Waals surface area contributed by atoms with Crippen molar-refractivity contribution in [2.24, 2.45) is 0 Å². The standard InChI is InChI=1S/C18H18N4O4S/c1-10-15(27-18(21-10)16-19-6-5-7-20-16)17(23)22-11-8-12(24-2)14(26-4)13(9-11)25-3/h5-9H,1-4H3,(H,22,23). The number of amides is 1. The number of carbonyl (C=O) groups is 1. The largest absolute Gasteiger partial charge is 0.493 e. The summed E-state index contributed by atoms with van der Waals surface area (Å²) in [4.78, 5) is 26.0. The quantitative estimate of drug-likeness (QED) is 0.695. The van der Waals surface area contributed by atoms with Crippen LogP contribution in [0.1, 0.15) is 15.4 Å². The molecule has 1 N–H and O–H groups in total. The number of ether oxygens (including phenoxy) is 3. The Balaban J connectivity index is 1.89. The molecule has 27 heavy (non-hydrogen) atoms. The fourth-order valence-electron chi connectivity index (χ4n) is 2.45. The van der Waals surface area contributed by atoms with Crippen LogP contribution in [0.3, 0.4) is 0 Å². The van der Waals surface area contributed by atoms with Crippen molar-refractivity contribution in [2.75, 3.05) is 26.6 Å². The minimum absolute atomic E-state index is 0.290. The van der Waals surface area contributed by atoms with Crippen molar-refractivity contribution in [1.29, 1.82) is 0 Å². The van der Waals surface area contributed by atoms with Crippen molar-refractivity contribution in [3.63, 3.8) is 0 Å². The van der Waals surface area contributed by atoms with Crippen molar-refractivity contribution in [3.8, 4) is 28.1 Å². The van der Waals surface area contributed by atoms with Crippen LogP contribution in [0.4, 0.5) is 5.69 Å². The molecule has 0 aliphatic rings. The van der Waals surface area contributed by atoms with Gasteiger partial charge < -0.3 is 19.5 Å². The molecule has 140 valence electrons. The first-order chi connectivity index (χ1) is 13.1. The lowest BCUT2D eigenvalue weighted by Gasteiger charge is -2.14. The number of anilines is 1. The van der Waals surface area contributed by atoms with Gasteiger partial charge in [-0.05, 0) is 13.0 Å². The number of hydrogen-bond donors (Lipinski definition) is 1. The highest BCUT2D eigenvalue weighted by Crippen LogP contribution is 2.40. The summed E-state index contributed by atoms with van der Waals surface area (Å²) in [5, 5.41) is 3.43. The predicted molar refractivity (Wildman–Crippen MR) is 102 cm³/mol. The molecule has 0 spiro atoms. The highest BCUT2D eigenvalue weighted by molar-refractivity contribution is 7.17. The van der Waals surface area contributed by atoms with Gasteiger partial charge in [0.15, 0.2) is 22.3 Å². The third-order valence-electron chi connectivity index (χ3n) is 3.68. The van der Waals surface area contributed by atoms with Gasteiger partial charge in [0.2, 0.25) is 5.75 Å². The van der Waals surface area contributed by atoms with Gasteiger partial charge in [-0.3, -0.25) is 4.79 Å². The zero-order chi connectivity index (χ0) is 19.4. The van der Waals surface area contributed by atoms with E-state index in [9.17, 15) is 4.79 Å². The molecule has 9 heteroatoms. The van der Waals surface area contributed by atoms with Crippen LogP contribution >= 0.6 is 11.3 Å². The average Bonchev–Trinajstić information content (AvgIpc) is 3.09. The van der Waals surface area contributed by atoms with Crippen LogP contribution in [-0.4, -0.2) is 42.2 Å². The number of methoxy groups -OCH3 is 3.